The molecule has 3 nitrogen and oxygen atoms in total. The van der Waals surface area contributed by atoms with E-state index in [4.69, 9.17) is 9.47 Å². The second kappa shape index (κ2) is 10.2. The fraction of sp³-hybridized carbons (Fsp3) is 0.625. The van der Waals surface area contributed by atoms with Crippen molar-refractivity contribution in [2.24, 2.45) is 0 Å². The molecule has 0 fully saturated rings. The topological polar surface area (TPSA) is 21.7 Å². The molecule has 0 bridgehead atoms. The first-order valence-corrected chi connectivity index (χ1v) is 8.41. The summed E-state index contributed by atoms with van der Waals surface area (Å²) in [6.45, 7) is 11.0. The highest BCUT2D eigenvalue weighted by Crippen LogP contribution is 2.24. The number of hydrogen-bond donors (Lipinski definition) is 0. The molecule has 4 heteroatoms. The van der Waals surface area contributed by atoms with Crippen molar-refractivity contribution < 1.29 is 9.47 Å². The van der Waals surface area contributed by atoms with Crippen molar-refractivity contribution in [2.45, 2.75) is 26.1 Å². The fourth-order valence-electron chi connectivity index (χ4n) is 2.12. The van der Waals surface area contributed by atoms with Crippen molar-refractivity contribution in [3.05, 3.63) is 29.3 Å². The van der Waals surface area contributed by atoms with E-state index in [0.717, 1.165) is 44.8 Å². The van der Waals surface area contributed by atoms with Crippen LogP contribution in [0.4, 0.5) is 5.69 Å². The first-order chi connectivity index (χ1) is 9.72. The molecule has 0 radical (unpaired) electrons. The quantitative estimate of drug-likeness (QED) is 0.476. The highest BCUT2D eigenvalue weighted by atomic mass is 79.9. The maximum atomic E-state index is 5.49. The Morgan fingerprint density at radius 2 is 1.65 bits per heavy atom. The standard InChI is InChI=1S/C16H26BrNO2/c1-4-19-10-8-18(9-11-20-5-2)16-7-6-14(3)12-15(16)13-17/h6-7,12H,4-5,8-11,13H2,1-3H3. The van der Waals surface area contributed by atoms with Crippen LogP contribution in [-0.2, 0) is 14.8 Å². The van der Waals surface area contributed by atoms with Crippen molar-refractivity contribution in [2.75, 3.05) is 44.4 Å². The second-order valence-corrected chi connectivity index (χ2v) is 5.21. The minimum absolute atomic E-state index is 0.748. The van der Waals surface area contributed by atoms with Gasteiger partial charge in [-0.05, 0) is 32.4 Å². The Bertz CT molecular complexity index is 375. The highest BCUT2D eigenvalue weighted by Gasteiger charge is 2.11. The number of anilines is 1. The molecule has 0 aliphatic rings. The molecule has 20 heavy (non-hydrogen) atoms. The van der Waals surface area contributed by atoms with Gasteiger partial charge in [-0.3, -0.25) is 0 Å². The maximum Gasteiger partial charge on any atom is 0.0641 e. The molecule has 1 aromatic rings. The summed E-state index contributed by atoms with van der Waals surface area (Å²) in [6.07, 6.45) is 0. The molecular weight excluding hydrogens is 318 g/mol. The zero-order valence-electron chi connectivity index (χ0n) is 12.8. The molecular formula is C16H26BrNO2. The van der Waals surface area contributed by atoms with Crippen molar-refractivity contribution in [3.8, 4) is 0 Å². The smallest absolute Gasteiger partial charge is 0.0641 e. The molecule has 0 atom stereocenters. The van der Waals surface area contributed by atoms with Crippen LogP contribution in [0.1, 0.15) is 25.0 Å². The van der Waals surface area contributed by atoms with E-state index < -0.39 is 0 Å². The van der Waals surface area contributed by atoms with E-state index in [0.29, 0.717) is 0 Å². The van der Waals surface area contributed by atoms with Crippen molar-refractivity contribution >= 4 is 21.6 Å². The normalized spacial score (nSPS) is 10.8. The summed E-state index contributed by atoms with van der Waals surface area (Å²) in [4.78, 5) is 2.35. The molecule has 0 spiro atoms. The van der Waals surface area contributed by atoms with Crippen LogP contribution in [0.5, 0.6) is 0 Å². The van der Waals surface area contributed by atoms with Crippen LogP contribution in [0.3, 0.4) is 0 Å². The van der Waals surface area contributed by atoms with E-state index in [1.54, 1.807) is 0 Å². The third kappa shape index (κ3) is 5.81. The Kier molecular flexibility index (Phi) is 8.90. The van der Waals surface area contributed by atoms with Gasteiger partial charge in [-0.15, -0.1) is 0 Å². The van der Waals surface area contributed by atoms with Crippen molar-refractivity contribution in [3.63, 3.8) is 0 Å². The van der Waals surface area contributed by atoms with E-state index >= 15 is 0 Å². The first-order valence-electron chi connectivity index (χ1n) is 7.28. The number of alkyl halides is 1. The number of halogens is 1. The van der Waals surface area contributed by atoms with Gasteiger partial charge in [0.2, 0.25) is 0 Å². The Balaban J connectivity index is 2.78. The summed E-state index contributed by atoms with van der Waals surface area (Å²) in [5, 5.41) is 0.865. The van der Waals surface area contributed by atoms with Crippen molar-refractivity contribution in [1.82, 2.24) is 0 Å². The van der Waals surface area contributed by atoms with E-state index in [1.165, 1.54) is 16.8 Å². The van der Waals surface area contributed by atoms with Crippen LogP contribution in [0, 0.1) is 6.92 Å². The van der Waals surface area contributed by atoms with Gasteiger partial charge >= 0.3 is 0 Å². The molecule has 0 aliphatic heterocycles. The van der Waals surface area contributed by atoms with Gasteiger partial charge in [0.15, 0.2) is 0 Å². The number of hydrogen-bond acceptors (Lipinski definition) is 3. The monoisotopic (exact) mass is 343 g/mol. The minimum atomic E-state index is 0.748. The molecule has 1 aromatic carbocycles. The molecule has 1 rings (SSSR count). The lowest BCUT2D eigenvalue weighted by molar-refractivity contribution is 0.141. The number of rotatable bonds is 10. The van der Waals surface area contributed by atoms with E-state index in [1.807, 2.05) is 13.8 Å². The summed E-state index contributed by atoms with van der Waals surface area (Å²) in [7, 11) is 0. The Morgan fingerprint density at radius 1 is 1.05 bits per heavy atom. The molecule has 0 amide bonds. The van der Waals surface area contributed by atoms with Crippen LogP contribution < -0.4 is 4.90 Å². The number of benzene rings is 1. The number of aryl methyl sites for hydroxylation is 1. The molecule has 0 saturated carbocycles. The summed E-state index contributed by atoms with van der Waals surface area (Å²) in [5.41, 5.74) is 3.88. The van der Waals surface area contributed by atoms with Gasteiger partial charge in [-0.2, -0.15) is 0 Å². The van der Waals surface area contributed by atoms with Gasteiger partial charge in [0.25, 0.3) is 0 Å². The predicted octanol–water partition coefficient (Wildman–Crippen LogP) is 3.77. The molecule has 0 N–H and O–H groups in total. The fourth-order valence-corrected chi connectivity index (χ4v) is 2.57. The van der Waals surface area contributed by atoms with Crippen LogP contribution in [0.2, 0.25) is 0 Å². The Labute approximate surface area is 131 Å². The molecule has 0 saturated heterocycles. The molecule has 114 valence electrons. The van der Waals surface area contributed by atoms with Gasteiger partial charge in [0.05, 0.1) is 13.2 Å². The maximum absolute atomic E-state index is 5.49. The van der Waals surface area contributed by atoms with Crippen LogP contribution in [-0.4, -0.2) is 39.5 Å². The van der Waals surface area contributed by atoms with Gasteiger partial charge in [-0.25, -0.2) is 0 Å². The van der Waals surface area contributed by atoms with Gasteiger partial charge in [0, 0.05) is 37.3 Å². The van der Waals surface area contributed by atoms with E-state index in [2.05, 4.69) is 46.0 Å². The molecule has 0 unspecified atom stereocenters. The van der Waals surface area contributed by atoms with Crippen LogP contribution >= 0.6 is 15.9 Å². The SMILES string of the molecule is CCOCCN(CCOCC)c1ccc(C)cc1CBr. The molecule has 0 heterocycles. The van der Waals surface area contributed by atoms with Gasteiger partial charge in [-0.1, -0.05) is 33.6 Å². The zero-order chi connectivity index (χ0) is 14.8. The molecule has 0 aromatic heterocycles. The molecule has 0 aliphatic carbocycles. The largest absolute Gasteiger partial charge is 0.380 e. The number of ether oxygens (including phenoxy) is 2. The zero-order valence-corrected chi connectivity index (χ0v) is 14.4. The van der Waals surface area contributed by atoms with E-state index in [-0.39, 0.29) is 0 Å². The third-order valence-corrected chi connectivity index (χ3v) is 3.74. The lowest BCUT2D eigenvalue weighted by atomic mass is 10.1. The highest BCUT2D eigenvalue weighted by molar-refractivity contribution is 9.08. The Hall–Kier alpha value is -0.580. The summed E-state index contributed by atoms with van der Waals surface area (Å²) < 4.78 is 11.0. The summed E-state index contributed by atoms with van der Waals surface area (Å²) in [6, 6.07) is 6.60. The third-order valence-electron chi connectivity index (χ3n) is 3.14. The average molecular weight is 344 g/mol. The van der Waals surface area contributed by atoms with Crippen LogP contribution in [0.25, 0.3) is 0 Å². The van der Waals surface area contributed by atoms with E-state index in [9.17, 15) is 0 Å². The Morgan fingerprint density at radius 3 is 2.15 bits per heavy atom. The number of nitrogens with zero attached hydrogens (tertiary/aromatic N) is 1. The van der Waals surface area contributed by atoms with Crippen molar-refractivity contribution in [1.29, 1.82) is 0 Å². The van der Waals surface area contributed by atoms with Gasteiger partial charge in [0.1, 0.15) is 0 Å². The lowest BCUT2D eigenvalue weighted by Gasteiger charge is -2.27. The van der Waals surface area contributed by atoms with Crippen LogP contribution in [0.15, 0.2) is 18.2 Å². The average Bonchev–Trinajstić information content (AvgIpc) is 2.46. The summed E-state index contributed by atoms with van der Waals surface area (Å²) in [5.74, 6) is 0. The lowest BCUT2D eigenvalue weighted by Crippen LogP contribution is -2.31. The second-order valence-electron chi connectivity index (χ2n) is 4.65. The predicted molar refractivity (Wildman–Crippen MR) is 89.0 cm³/mol. The van der Waals surface area contributed by atoms with Gasteiger partial charge < -0.3 is 14.4 Å². The summed E-state index contributed by atoms with van der Waals surface area (Å²) >= 11 is 3.59. The minimum Gasteiger partial charge on any atom is -0.380 e. The first kappa shape index (κ1) is 17.5.